The summed E-state index contributed by atoms with van der Waals surface area (Å²) in [5.74, 6) is 1.37. The normalized spacial score (nSPS) is 11.7. The minimum absolute atomic E-state index is 0.143. The van der Waals surface area contributed by atoms with Gasteiger partial charge in [-0.3, -0.25) is 4.79 Å². The van der Waals surface area contributed by atoms with E-state index in [-0.39, 0.29) is 5.91 Å². The molecule has 1 atom stereocenters. The summed E-state index contributed by atoms with van der Waals surface area (Å²) in [7, 11) is 0. The van der Waals surface area contributed by atoms with Crippen LogP contribution < -0.4 is 14.8 Å². The summed E-state index contributed by atoms with van der Waals surface area (Å²) in [6.45, 7) is 8.84. The highest BCUT2D eigenvalue weighted by Gasteiger charge is 2.14. The Hall–Kier alpha value is -2.49. The minimum atomic E-state index is -0.554. The van der Waals surface area contributed by atoms with E-state index in [2.05, 4.69) is 5.32 Å². The second-order valence-corrected chi connectivity index (χ2v) is 5.80. The maximum atomic E-state index is 12.2. The van der Waals surface area contributed by atoms with Gasteiger partial charge in [0, 0.05) is 6.54 Å². The van der Waals surface area contributed by atoms with E-state index in [0.29, 0.717) is 18.9 Å². The van der Waals surface area contributed by atoms with Crippen molar-refractivity contribution in [3.8, 4) is 11.5 Å². The molecular formula is C20H25NO3. The molecular weight excluding hydrogens is 302 g/mol. The van der Waals surface area contributed by atoms with Crippen LogP contribution in [0.3, 0.4) is 0 Å². The predicted octanol–water partition coefficient (Wildman–Crippen LogP) is 3.79. The number of aryl methyl sites for hydroxylation is 2. The number of nitrogens with one attached hydrogen (secondary N) is 1. The second-order valence-electron chi connectivity index (χ2n) is 5.80. The van der Waals surface area contributed by atoms with E-state index in [4.69, 9.17) is 9.47 Å². The molecule has 2 aromatic carbocycles. The second kappa shape index (κ2) is 8.39. The maximum Gasteiger partial charge on any atom is 0.261 e. The molecule has 0 fully saturated rings. The van der Waals surface area contributed by atoms with Gasteiger partial charge in [-0.15, -0.1) is 0 Å². The summed E-state index contributed by atoms with van der Waals surface area (Å²) in [5.41, 5.74) is 3.34. The molecule has 0 saturated carbocycles. The Morgan fingerprint density at radius 2 is 1.88 bits per heavy atom. The molecule has 24 heavy (non-hydrogen) atoms. The highest BCUT2D eigenvalue weighted by molar-refractivity contribution is 5.80. The summed E-state index contributed by atoms with van der Waals surface area (Å²) < 4.78 is 11.2. The van der Waals surface area contributed by atoms with Gasteiger partial charge in [-0.1, -0.05) is 18.2 Å². The monoisotopic (exact) mass is 327 g/mol. The average Bonchev–Trinajstić information content (AvgIpc) is 2.56. The molecule has 0 heterocycles. The maximum absolute atomic E-state index is 12.2. The zero-order chi connectivity index (χ0) is 17.5. The van der Waals surface area contributed by atoms with Crippen molar-refractivity contribution in [2.24, 2.45) is 0 Å². The van der Waals surface area contributed by atoms with Gasteiger partial charge in [0.15, 0.2) is 6.10 Å². The van der Waals surface area contributed by atoms with Crippen LogP contribution in [-0.4, -0.2) is 18.6 Å². The molecule has 4 heteroatoms. The van der Waals surface area contributed by atoms with Gasteiger partial charge in [-0.05, 0) is 68.7 Å². The highest BCUT2D eigenvalue weighted by atomic mass is 16.5. The van der Waals surface area contributed by atoms with Gasteiger partial charge in [0.2, 0.25) is 0 Å². The lowest BCUT2D eigenvalue weighted by Gasteiger charge is -2.16. The molecule has 0 aromatic heterocycles. The van der Waals surface area contributed by atoms with Crippen molar-refractivity contribution in [3.63, 3.8) is 0 Å². The van der Waals surface area contributed by atoms with Crippen molar-refractivity contribution < 1.29 is 14.3 Å². The third-order valence-corrected chi connectivity index (χ3v) is 3.84. The first-order valence-electron chi connectivity index (χ1n) is 8.23. The molecule has 0 spiro atoms. The molecule has 0 aliphatic rings. The molecule has 128 valence electrons. The van der Waals surface area contributed by atoms with Gasteiger partial charge in [-0.25, -0.2) is 0 Å². The molecule has 2 aromatic rings. The predicted molar refractivity (Wildman–Crippen MR) is 95.5 cm³/mol. The molecule has 0 bridgehead atoms. The van der Waals surface area contributed by atoms with E-state index in [1.54, 1.807) is 6.92 Å². The van der Waals surface area contributed by atoms with Crippen LogP contribution in [0.15, 0.2) is 42.5 Å². The molecule has 0 aliphatic carbocycles. The molecule has 1 N–H and O–H groups in total. The van der Waals surface area contributed by atoms with Gasteiger partial charge >= 0.3 is 0 Å². The van der Waals surface area contributed by atoms with Crippen molar-refractivity contribution >= 4 is 5.91 Å². The lowest BCUT2D eigenvalue weighted by atomic mass is 10.1. The van der Waals surface area contributed by atoms with Crippen LogP contribution >= 0.6 is 0 Å². The van der Waals surface area contributed by atoms with Crippen LogP contribution in [0.5, 0.6) is 11.5 Å². The topological polar surface area (TPSA) is 47.6 Å². The van der Waals surface area contributed by atoms with Gasteiger partial charge in [0.1, 0.15) is 11.5 Å². The van der Waals surface area contributed by atoms with Crippen molar-refractivity contribution in [2.75, 3.05) is 6.61 Å². The van der Waals surface area contributed by atoms with Gasteiger partial charge < -0.3 is 14.8 Å². The number of carbonyl (C=O) groups is 1. The van der Waals surface area contributed by atoms with Gasteiger partial charge in [-0.2, -0.15) is 0 Å². The first-order chi connectivity index (χ1) is 11.5. The van der Waals surface area contributed by atoms with Crippen LogP contribution in [0.4, 0.5) is 0 Å². The molecule has 0 aliphatic heterocycles. The first-order valence-corrected chi connectivity index (χ1v) is 8.23. The minimum Gasteiger partial charge on any atom is -0.494 e. The largest absolute Gasteiger partial charge is 0.494 e. The van der Waals surface area contributed by atoms with Crippen LogP contribution in [-0.2, 0) is 11.3 Å². The van der Waals surface area contributed by atoms with E-state index < -0.39 is 6.10 Å². The quantitative estimate of drug-likeness (QED) is 0.842. The fraction of sp³-hybridized carbons (Fsp3) is 0.350. The van der Waals surface area contributed by atoms with Crippen molar-refractivity contribution in [2.45, 2.75) is 40.3 Å². The van der Waals surface area contributed by atoms with E-state index >= 15 is 0 Å². The SMILES string of the molecule is CCOc1cccc(CNC(=O)[C@H](C)Oc2ccc(C)c(C)c2)c1. The Balaban J connectivity index is 1.89. The average molecular weight is 327 g/mol. The molecule has 1 amide bonds. The fourth-order valence-corrected chi connectivity index (χ4v) is 2.29. The zero-order valence-corrected chi connectivity index (χ0v) is 14.8. The van der Waals surface area contributed by atoms with E-state index in [1.807, 2.05) is 63.2 Å². The molecule has 0 saturated heterocycles. The van der Waals surface area contributed by atoms with Crippen molar-refractivity contribution in [3.05, 3.63) is 59.2 Å². The number of hydrogen-bond donors (Lipinski definition) is 1. The van der Waals surface area contributed by atoms with Gasteiger partial charge in [0.25, 0.3) is 5.91 Å². The molecule has 0 unspecified atom stereocenters. The Bertz CT molecular complexity index is 697. The Morgan fingerprint density at radius 3 is 2.58 bits per heavy atom. The zero-order valence-electron chi connectivity index (χ0n) is 14.8. The Labute approximate surface area is 143 Å². The lowest BCUT2D eigenvalue weighted by molar-refractivity contribution is -0.127. The Morgan fingerprint density at radius 1 is 1.08 bits per heavy atom. The number of rotatable bonds is 7. The first kappa shape index (κ1) is 17.9. The Kier molecular flexibility index (Phi) is 6.24. The number of benzene rings is 2. The van der Waals surface area contributed by atoms with Crippen LogP contribution in [0, 0.1) is 13.8 Å². The van der Waals surface area contributed by atoms with Gasteiger partial charge in [0.05, 0.1) is 6.61 Å². The molecule has 4 nitrogen and oxygen atoms in total. The van der Waals surface area contributed by atoms with Crippen molar-refractivity contribution in [1.82, 2.24) is 5.32 Å². The summed E-state index contributed by atoms with van der Waals surface area (Å²) in [6, 6.07) is 13.5. The van der Waals surface area contributed by atoms with Crippen LogP contribution in [0.2, 0.25) is 0 Å². The smallest absolute Gasteiger partial charge is 0.261 e. The fourth-order valence-electron chi connectivity index (χ4n) is 2.29. The number of carbonyl (C=O) groups excluding carboxylic acids is 1. The third kappa shape index (κ3) is 5.01. The lowest BCUT2D eigenvalue weighted by Crippen LogP contribution is -2.35. The summed E-state index contributed by atoms with van der Waals surface area (Å²) in [4.78, 5) is 12.2. The number of amides is 1. The standard InChI is InChI=1S/C20H25NO3/c1-5-23-18-8-6-7-17(12-18)13-21-20(22)16(4)24-19-10-9-14(2)15(3)11-19/h6-12,16H,5,13H2,1-4H3,(H,21,22)/t16-/m0/s1. The highest BCUT2D eigenvalue weighted by Crippen LogP contribution is 2.18. The van der Waals surface area contributed by atoms with E-state index in [1.165, 1.54) is 5.56 Å². The van der Waals surface area contributed by atoms with Crippen LogP contribution in [0.25, 0.3) is 0 Å². The number of ether oxygens (including phenoxy) is 2. The van der Waals surface area contributed by atoms with E-state index in [9.17, 15) is 4.79 Å². The number of hydrogen-bond acceptors (Lipinski definition) is 3. The summed E-state index contributed by atoms with van der Waals surface area (Å²) in [6.07, 6.45) is -0.554. The molecule has 2 rings (SSSR count). The third-order valence-electron chi connectivity index (χ3n) is 3.84. The summed E-state index contributed by atoms with van der Waals surface area (Å²) in [5, 5.41) is 2.89. The summed E-state index contributed by atoms with van der Waals surface area (Å²) >= 11 is 0. The van der Waals surface area contributed by atoms with Crippen LogP contribution in [0.1, 0.15) is 30.5 Å². The van der Waals surface area contributed by atoms with E-state index in [0.717, 1.165) is 16.9 Å². The van der Waals surface area contributed by atoms with Crippen molar-refractivity contribution in [1.29, 1.82) is 0 Å². The molecule has 0 radical (unpaired) electrons.